The van der Waals surface area contributed by atoms with E-state index in [1.807, 2.05) is 4.90 Å². The lowest BCUT2D eigenvalue weighted by Crippen LogP contribution is -2.44. The molecule has 0 aromatic heterocycles. The van der Waals surface area contributed by atoms with E-state index in [-0.39, 0.29) is 24.1 Å². The number of carbonyl (C=O) groups is 1. The lowest BCUT2D eigenvalue weighted by molar-refractivity contribution is 0.0607. The second kappa shape index (κ2) is 6.10. The number of hydrogen-bond acceptors (Lipinski definition) is 2. The minimum Gasteiger partial charge on any atom is -0.339 e. The minimum atomic E-state index is -0.300. The smallest absolute Gasteiger partial charge is 0.253 e. The minimum absolute atomic E-state index is 0. The second-order valence-corrected chi connectivity index (χ2v) is 5.73. The fourth-order valence-electron chi connectivity index (χ4n) is 3.18. The molecule has 3 nitrogen and oxygen atoms in total. The van der Waals surface area contributed by atoms with Crippen molar-refractivity contribution in [1.29, 1.82) is 0 Å². The average molecular weight is 299 g/mol. The van der Waals surface area contributed by atoms with Crippen molar-refractivity contribution in [3.05, 3.63) is 35.6 Å². The zero-order valence-corrected chi connectivity index (χ0v) is 12.2. The van der Waals surface area contributed by atoms with Gasteiger partial charge in [-0.25, -0.2) is 4.39 Å². The highest BCUT2D eigenvalue weighted by molar-refractivity contribution is 5.94. The van der Waals surface area contributed by atoms with Gasteiger partial charge >= 0.3 is 0 Å². The summed E-state index contributed by atoms with van der Waals surface area (Å²) in [6.07, 6.45) is 3.38. The van der Waals surface area contributed by atoms with Crippen molar-refractivity contribution >= 4 is 18.3 Å². The van der Waals surface area contributed by atoms with Crippen LogP contribution in [0.4, 0.5) is 4.39 Å². The van der Waals surface area contributed by atoms with Crippen molar-refractivity contribution in [2.75, 3.05) is 26.2 Å². The fourth-order valence-corrected chi connectivity index (χ4v) is 3.18. The van der Waals surface area contributed by atoms with Crippen LogP contribution in [0, 0.1) is 11.2 Å². The first-order valence-corrected chi connectivity index (χ1v) is 6.94. The first-order chi connectivity index (χ1) is 9.19. The molecular formula is C15H20ClFN2O. The van der Waals surface area contributed by atoms with Gasteiger partial charge < -0.3 is 10.2 Å². The van der Waals surface area contributed by atoms with Crippen LogP contribution in [0.15, 0.2) is 24.3 Å². The van der Waals surface area contributed by atoms with Crippen LogP contribution in [0.3, 0.4) is 0 Å². The highest BCUT2D eigenvalue weighted by Gasteiger charge is 2.38. The maximum Gasteiger partial charge on any atom is 0.253 e. The molecule has 5 heteroatoms. The number of rotatable bonds is 1. The van der Waals surface area contributed by atoms with Gasteiger partial charge in [0.2, 0.25) is 0 Å². The first kappa shape index (κ1) is 15.3. The Bertz CT molecular complexity index is 461. The molecule has 1 aromatic rings. The van der Waals surface area contributed by atoms with E-state index >= 15 is 0 Å². The van der Waals surface area contributed by atoms with Gasteiger partial charge in [0, 0.05) is 25.2 Å². The Hall–Kier alpha value is -1.13. The van der Waals surface area contributed by atoms with E-state index in [1.54, 1.807) is 12.1 Å². The highest BCUT2D eigenvalue weighted by Crippen LogP contribution is 2.37. The van der Waals surface area contributed by atoms with Crippen molar-refractivity contribution in [3.8, 4) is 0 Å². The molecule has 0 bridgehead atoms. The lowest BCUT2D eigenvalue weighted by Gasteiger charge is -2.38. The predicted octanol–water partition coefficient (Wildman–Crippen LogP) is 2.46. The lowest BCUT2D eigenvalue weighted by atomic mass is 9.78. The number of nitrogens with one attached hydrogen (secondary N) is 1. The summed E-state index contributed by atoms with van der Waals surface area (Å²) >= 11 is 0. The van der Waals surface area contributed by atoms with Crippen LogP contribution in [-0.2, 0) is 0 Å². The summed E-state index contributed by atoms with van der Waals surface area (Å²) in [7, 11) is 0. The maximum absolute atomic E-state index is 12.9. The predicted molar refractivity (Wildman–Crippen MR) is 78.7 cm³/mol. The van der Waals surface area contributed by atoms with Crippen LogP contribution in [-0.4, -0.2) is 37.0 Å². The number of benzene rings is 1. The number of nitrogens with zero attached hydrogens (tertiary/aromatic N) is 1. The Morgan fingerprint density at radius 1 is 1.15 bits per heavy atom. The molecule has 0 radical (unpaired) electrons. The van der Waals surface area contributed by atoms with Gasteiger partial charge in [0.1, 0.15) is 5.82 Å². The largest absolute Gasteiger partial charge is 0.339 e. The Morgan fingerprint density at radius 3 is 2.35 bits per heavy atom. The van der Waals surface area contributed by atoms with Crippen molar-refractivity contribution in [1.82, 2.24) is 10.2 Å². The number of piperidine rings is 1. The second-order valence-electron chi connectivity index (χ2n) is 5.73. The number of halogens is 2. The summed E-state index contributed by atoms with van der Waals surface area (Å²) in [6, 6.07) is 5.83. The molecule has 110 valence electrons. The molecule has 2 saturated heterocycles. The SMILES string of the molecule is Cl.O=C(c1ccc(F)cc1)N1CCC2(CCNC2)CC1. The Morgan fingerprint density at radius 2 is 1.80 bits per heavy atom. The van der Waals surface area contributed by atoms with Crippen molar-refractivity contribution < 1.29 is 9.18 Å². The van der Waals surface area contributed by atoms with Gasteiger partial charge in [0.25, 0.3) is 5.91 Å². The molecule has 3 rings (SSSR count). The van der Waals surface area contributed by atoms with Crippen molar-refractivity contribution in [2.45, 2.75) is 19.3 Å². The van der Waals surface area contributed by atoms with Gasteiger partial charge in [-0.3, -0.25) is 4.79 Å². The number of carbonyl (C=O) groups excluding carboxylic acids is 1. The molecule has 2 fully saturated rings. The van der Waals surface area contributed by atoms with Crippen LogP contribution < -0.4 is 5.32 Å². The zero-order valence-electron chi connectivity index (χ0n) is 11.4. The molecule has 20 heavy (non-hydrogen) atoms. The molecule has 1 N–H and O–H groups in total. The summed E-state index contributed by atoms with van der Waals surface area (Å²) in [5.41, 5.74) is 1.00. The van der Waals surface area contributed by atoms with Crippen molar-refractivity contribution in [2.24, 2.45) is 5.41 Å². The molecule has 1 spiro atoms. The number of likely N-dealkylation sites (tertiary alicyclic amines) is 1. The van der Waals surface area contributed by atoms with Crippen molar-refractivity contribution in [3.63, 3.8) is 0 Å². The van der Waals surface area contributed by atoms with E-state index < -0.39 is 0 Å². The zero-order chi connectivity index (χ0) is 13.3. The maximum atomic E-state index is 12.9. The molecule has 1 aromatic carbocycles. The Labute approximate surface area is 124 Å². The third kappa shape index (κ3) is 2.96. The summed E-state index contributed by atoms with van der Waals surface area (Å²) in [4.78, 5) is 14.2. The molecule has 2 aliphatic heterocycles. The van der Waals surface area contributed by atoms with E-state index in [4.69, 9.17) is 0 Å². The fraction of sp³-hybridized carbons (Fsp3) is 0.533. The van der Waals surface area contributed by atoms with Gasteiger partial charge in [-0.05, 0) is 55.5 Å². The topological polar surface area (TPSA) is 32.3 Å². The van der Waals surface area contributed by atoms with E-state index in [2.05, 4.69) is 5.32 Å². The molecule has 0 atom stereocenters. The van der Waals surface area contributed by atoms with E-state index in [0.29, 0.717) is 11.0 Å². The molecule has 1 amide bonds. The quantitative estimate of drug-likeness (QED) is 0.864. The third-order valence-corrected chi connectivity index (χ3v) is 4.53. The molecular weight excluding hydrogens is 279 g/mol. The van der Waals surface area contributed by atoms with Gasteiger partial charge in [-0.2, -0.15) is 0 Å². The van der Waals surface area contributed by atoms with E-state index in [0.717, 1.165) is 39.0 Å². The molecule has 2 aliphatic rings. The molecule has 0 aliphatic carbocycles. The molecule has 2 heterocycles. The van der Waals surface area contributed by atoms with E-state index in [1.165, 1.54) is 18.6 Å². The Kier molecular flexibility index (Phi) is 4.66. The first-order valence-electron chi connectivity index (χ1n) is 6.94. The summed E-state index contributed by atoms with van der Waals surface area (Å²) < 4.78 is 12.9. The van der Waals surface area contributed by atoms with Gasteiger partial charge in [0.05, 0.1) is 0 Å². The summed E-state index contributed by atoms with van der Waals surface area (Å²) in [6.45, 7) is 3.83. The van der Waals surface area contributed by atoms with Gasteiger partial charge in [0.15, 0.2) is 0 Å². The highest BCUT2D eigenvalue weighted by atomic mass is 35.5. The van der Waals surface area contributed by atoms with Crippen LogP contribution in [0.2, 0.25) is 0 Å². The van der Waals surface area contributed by atoms with Crippen LogP contribution >= 0.6 is 12.4 Å². The summed E-state index contributed by atoms with van der Waals surface area (Å²) in [5.74, 6) is -0.271. The third-order valence-electron chi connectivity index (χ3n) is 4.53. The average Bonchev–Trinajstić information content (AvgIpc) is 2.88. The molecule has 0 unspecified atom stereocenters. The van der Waals surface area contributed by atoms with Gasteiger partial charge in [-0.1, -0.05) is 0 Å². The number of hydrogen-bond donors (Lipinski definition) is 1. The monoisotopic (exact) mass is 298 g/mol. The standard InChI is InChI=1S/C15H19FN2O.ClH/c16-13-3-1-12(2-4-13)14(19)18-9-6-15(7-10-18)5-8-17-11-15;/h1-4,17H,5-11H2;1H. The van der Waals surface area contributed by atoms with Crippen LogP contribution in [0.1, 0.15) is 29.6 Å². The Balaban J connectivity index is 0.00000147. The summed E-state index contributed by atoms with van der Waals surface area (Å²) in [5, 5.41) is 3.42. The number of amides is 1. The normalized spacial score (nSPS) is 20.8. The van der Waals surface area contributed by atoms with Crippen LogP contribution in [0.5, 0.6) is 0 Å². The van der Waals surface area contributed by atoms with E-state index in [9.17, 15) is 9.18 Å². The molecule has 0 saturated carbocycles. The van der Waals surface area contributed by atoms with Gasteiger partial charge in [-0.15, -0.1) is 12.4 Å². The van der Waals surface area contributed by atoms with Crippen LogP contribution in [0.25, 0.3) is 0 Å².